The predicted molar refractivity (Wildman–Crippen MR) is 127 cm³/mol. The van der Waals surface area contributed by atoms with Crippen LogP contribution in [0.5, 0.6) is 17.2 Å². The molecule has 34 heavy (non-hydrogen) atoms. The standard InChI is InChI=1S/C26H31NO7/c1-16(2)34-14-6-13-27-23(17-7-9-18(31-3)10-8-17)22(25(29)26(27)30)24(28)20-15-19(32-4)11-12-21(20)33-5/h7-12,15-16,23,28H,6,13-14H2,1-5H3/b24-22+. The van der Waals surface area contributed by atoms with E-state index >= 15 is 0 Å². The first-order valence-electron chi connectivity index (χ1n) is 11.1. The molecule has 0 aromatic heterocycles. The van der Waals surface area contributed by atoms with Gasteiger partial charge in [-0.25, -0.2) is 0 Å². The molecule has 0 radical (unpaired) electrons. The molecule has 1 heterocycles. The van der Waals surface area contributed by atoms with Crippen LogP contribution < -0.4 is 14.2 Å². The van der Waals surface area contributed by atoms with E-state index in [4.69, 9.17) is 18.9 Å². The van der Waals surface area contributed by atoms with Crippen LogP contribution in [0.1, 0.15) is 37.4 Å². The van der Waals surface area contributed by atoms with E-state index < -0.39 is 17.7 Å². The lowest BCUT2D eigenvalue weighted by Crippen LogP contribution is -2.31. The topological polar surface area (TPSA) is 94.5 Å². The molecule has 1 N–H and O–H groups in total. The number of likely N-dealkylation sites (tertiary alicyclic amines) is 1. The highest BCUT2D eigenvalue weighted by Gasteiger charge is 2.46. The Bertz CT molecular complexity index is 1060. The Morgan fingerprint density at radius 2 is 1.62 bits per heavy atom. The highest BCUT2D eigenvalue weighted by Crippen LogP contribution is 2.42. The molecule has 1 unspecified atom stereocenters. The number of hydrogen-bond donors (Lipinski definition) is 1. The second kappa shape index (κ2) is 11.1. The normalized spacial score (nSPS) is 17.4. The fraction of sp³-hybridized carbons (Fsp3) is 0.385. The van der Waals surface area contributed by atoms with E-state index in [-0.39, 0.29) is 23.0 Å². The molecule has 0 aliphatic carbocycles. The maximum Gasteiger partial charge on any atom is 0.295 e. The smallest absolute Gasteiger partial charge is 0.295 e. The largest absolute Gasteiger partial charge is 0.507 e. The van der Waals surface area contributed by atoms with Crippen molar-refractivity contribution in [2.24, 2.45) is 0 Å². The van der Waals surface area contributed by atoms with Crippen molar-refractivity contribution in [3.05, 3.63) is 59.2 Å². The zero-order valence-electron chi connectivity index (χ0n) is 20.2. The number of hydrogen-bond acceptors (Lipinski definition) is 7. The van der Waals surface area contributed by atoms with Crippen molar-refractivity contribution in [2.75, 3.05) is 34.5 Å². The van der Waals surface area contributed by atoms with Crippen LogP contribution in [0.2, 0.25) is 0 Å². The van der Waals surface area contributed by atoms with Crippen molar-refractivity contribution in [2.45, 2.75) is 32.4 Å². The van der Waals surface area contributed by atoms with E-state index in [1.807, 2.05) is 13.8 Å². The van der Waals surface area contributed by atoms with Crippen molar-refractivity contribution in [3.8, 4) is 17.2 Å². The lowest BCUT2D eigenvalue weighted by molar-refractivity contribution is -0.140. The summed E-state index contributed by atoms with van der Waals surface area (Å²) in [5.41, 5.74) is 0.932. The second-order valence-electron chi connectivity index (χ2n) is 8.10. The zero-order chi connectivity index (χ0) is 24.8. The highest BCUT2D eigenvalue weighted by molar-refractivity contribution is 6.46. The number of Topliss-reactive ketones (excluding diaryl/α,β-unsaturated/α-hetero) is 1. The molecule has 1 saturated heterocycles. The number of benzene rings is 2. The van der Waals surface area contributed by atoms with Gasteiger partial charge in [-0.05, 0) is 56.2 Å². The summed E-state index contributed by atoms with van der Waals surface area (Å²) < 4.78 is 21.5. The SMILES string of the molecule is COc1ccc(C2/C(=C(\O)c3cc(OC)ccc3OC)C(=O)C(=O)N2CCCOC(C)C)cc1. The fourth-order valence-corrected chi connectivity index (χ4v) is 3.94. The van der Waals surface area contributed by atoms with Crippen LogP contribution in [-0.2, 0) is 14.3 Å². The molecule has 1 aliphatic rings. The number of ether oxygens (including phenoxy) is 4. The van der Waals surface area contributed by atoms with Gasteiger partial charge in [-0.2, -0.15) is 0 Å². The first kappa shape index (κ1) is 25.1. The number of amides is 1. The molecular formula is C26H31NO7. The van der Waals surface area contributed by atoms with Gasteiger partial charge in [-0.3, -0.25) is 9.59 Å². The number of methoxy groups -OCH3 is 3. The molecule has 2 aromatic rings. The van der Waals surface area contributed by atoms with Crippen molar-refractivity contribution in [3.63, 3.8) is 0 Å². The summed E-state index contributed by atoms with van der Waals surface area (Å²) >= 11 is 0. The third kappa shape index (κ3) is 5.17. The molecule has 1 atom stereocenters. The summed E-state index contributed by atoms with van der Waals surface area (Å²) in [5, 5.41) is 11.3. The molecule has 8 heteroatoms. The molecule has 1 fully saturated rings. The number of rotatable bonds is 10. The molecule has 1 aliphatic heterocycles. The molecule has 0 saturated carbocycles. The average Bonchev–Trinajstić information content (AvgIpc) is 3.10. The summed E-state index contributed by atoms with van der Waals surface area (Å²) in [7, 11) is 4.53. The Morgan fingerprint density at radius 1 is 0.971 bits per heavy atom. The van der Waals surface area contributed by atoms with Gasteiger partial charge < -0.3 is 29.0 Å². The number of aliphatic hydroxyl groups excluding tert-OH is 1. The molecule has 0 spiro atoms. The summed E-state index contributed by atoms with van der Waals surface area (Å²) in [5.74, 6) is -0.287. The monoisotopic (exact) mass is 469 g/mol. The van der Waals surface area contributed by atoms with Crippen LogP contribution in [0.15, 0.2) is 48.0 Å². The van der Waals surface area contributed by atoms with Gasteiger partial charge in [0.05, 0.1) is 44.6 Å². The second-order valence-corrected chi connectivity index (χ2v) is 8.10. The highest BCUT2D eigenvalue weighted by atomic mass is 16.5. The third-order valence-corrected chi connectivity index (χ3v) is 5.63. The van der Waals surface area contributed by atoms with E-state index in [9.17, 15) is 14.7 Å². The molecule has 2 aromatic carbocycles. The van der Waals surface area contributed by atoms with Crippen LogP contribution in [0, 0.1) is 0 Å². The number of nitrogens with zero attached hydrogens (tertiary/aromatic N) is 1. The Labute approximate surface area is 199 Å². The number of carbonyl (C=O) groups excluding carboxylic acids is 2. The molecule has 8 nitrogen and oxygen atoms in total. The Morgan fingerprint density at radius 3 is 2.21 bits per heavy atom. The Balaban J connectivity index is 2.11. The van der Waals surface area contributed by atoms with E-state index in [0.29, 0.717) is 42.4 Å². The minimum absolute atomic E-state index is 0.00787. The van der Waals surface area contributed by atoms with Gasteiger partial charge in [0, 0.05) is 13.2 Å². The maximum absolute atomic E-state index is 13.2. The third-order valence-electron chi connectivity index (χ3n) is 5.63. The summed E-state index contributed by atoms with van der Waals surface area (Å²) in [6, 6.07) is 11.2. The maximum atomic E-state index is 13.2. The lowest BCUT2D eigenvalue weighted by atomic mass is 9.94. The van der Waals surface area contributed by atoms with Gasteiger partial charge in [0.25, 0.3) is 11.7 Å². The van der Waals surface area contributed by atoms with Crippen molar-refractivity contribution < 1.29 is 33.6 Å². The lowest BCUT2D eigenvalue weighted by Gasteiger charge is -2.25. The van der Waals surface area contributed by atoms with E-state index in [1.165, 1.54) is 19.1 Å². The Kier molecular flexibility index (Phi) is 8.17. The number of carbonyl (C=O) groups is 2. The van der Waals surface area contributed by atoms with Crippen molar-refractivity contribution in [1.29, 1.82) is 0 Å². The van der Waals surface area contributed by atoms with E-state index in [0.717, 1.165) is 0 Å². The van der Waals surface area contributed by atoms with Crippen LogP contribution >= 0.6 is 0 Å². The first-order chi connectivity index (χ1) is 16.3. The quantitative estimate of drug-likeness (QED) is 0.244. The Hall–Kier alpha value is -3.52. The molecule has 0 bridgehead atoms. The van der Waals surface area contributed by atoms with Crippen LogP contribution in [0.4, 0.5) is 0 Å². The van der Waals surface area contributed by atoms with Crippen LogP contribution in [0.3, 0.4) is 0 Å². The molecule has 1 amide bonds. The fourth-order valence-electron chi connectivity index (χ4n) is 3.94. The van der Waals surface area contributed by atoms with E-state index in [2.05, 4.69) is 0 Å². The minimum Gasteiger partial charge on any atom is -0.507 e. The minimum atomic E-state index is -0.777. The van der Waals surface area contributed by atoms with E-state index in [1.54, 1.807) is 49.6 Å². The van der Waals surface area contributed by atoms with Crippen LogP contribution in [0.25, 0.3) is 5.76 Å². The molecule has 3 rings (SSSR count). The predicted octanol–water partition coefficient (Wildman–Crippen LogP) is 3.95. The molecule has 182 valence electrons. The number of aliphatic hydroxyl groups is 1. The van der Waals surface area contributed by atoms with Crippen molar-refractivity contribution in [1.82, 2.24) is 4.90 Å². The summed E-state index contributed by atoms with van der Waals surface area (Å²) in [6.07, 6.45) is 0.605. The zero-order valence-corrected chi connectivity index (χ0v) is 20.2. The van der Waals surface area contributed by atoms with Crippen molar-refractivity contribution >= 4 is 17.4 Å². The summed E-state index contributed by atoms with van der Waals surface area (Å²) in [4.78, 5) is 27.7. The number of ketones is 1. The first-order valence-corrected chi connectivity index (χ1v) is 11.1. The van der Waals surface area contributed by atoms with Gasteiger partial charge in [-0.15, -0.1) is 0 Å². The van der Waals surface area contributed by atoms with Gasteiger partial charge in [0.15, 0.2) is 0 Å². The van der Waals surface area contributed by atoms with Gasteiger partial charge in [-0.1, -0.05) is 12.1 Å². The van der Waals surface area contributed by atoms with Crippen LogP contribution in [-0.4, -0.2) is 62.3 Å². The van der Waals surface area contributed by atoms with Gasteiger partial charge in [0.1, 0.15) is 23.0 Å². The van der Waals surface area contributed by atoms with Gasteiger partial charge >= 0.3 is 0 Å². The van der Waals surface area contributed by atoms with Gasteiger partial charge in [0.2, 0.25) is 0 Å². The summed E-state index contributed by atoms with van der Waals surface area (Å²) in [6.45, 7) is 4.61. The molecular weight excluding hydrogens is 438 g/mol. The average molecular weight is 470 g/mol.